The van der Waals surface area contributed by atoms with Gasteiger partial charge in [0.1, 0.15) is 0 Å². The number of nitrogens with one attached hydrogen (secondary N) is 1. The second-order valence-electron chi connectivity index (χ2n) is 7.67. The highest BCUT2D eigenvalue weighted by Gasteiger charge is 2.23. The van der Waals surface area contributed by atoms with Gasteiger partial charge in [-0.15, -0.1) is 0 Å². The molecule has 4 nitrogen and oxygen atoms in total. The summed E-state index contributed by atoms with van der Waals surface area (Å²) in [6.45, 7) is 8.73. The Morgan fingerprint density at radius 3 is 2.40 bits per heavy atom. The molecule has 25 heavy (non-hydrogen) atoms. The molecule has 0 spiro atoms. The predicted molar refractivity (Wildman–Crippen MR) is 102 cm³/mol. The molecule has 0 aliphatic carbocycles. The third-order valence-electron chi connectivity index (χ3n) is 5.02. The number of nitrogens with zero attached hydrogens (tertiary/aromatic N) is 1. The second-order valence-corrected chi connectivity index (χ2v) is 7.67. The van der Waals surface area contributed by atoms with Crippen LogP contribution in [0.1, 0.15) is 61.9 Å². The summed E-state index contributed by atoms with van der Waals surface area (Å²) in [6, 6.07) is 7.78. The molecule has 0 saturated carbocycles. The zero-order valence-corrected chi connectivity index (χ0v) is 15.9. The SMILES string of the molecule is Cc1ccc(C(=O)N2CCC(CCC(=O)NCCC(C)C)CC2)cc1. The van der Waals surface area contributed by atoms with Gasteiger partial charge >= 0.3 is 0 Å². The van der Waals surface area contributed by atoms with Crippen molar-refractivity contribution in [3.05, 3.63) is 35.4 Å². The van der Waals surface area contributed by atoms with Gasteiger partial charge in [-0.3, -0.25) is 9.59 Å². The van der Waals surface area contributed by atoms with Crippen LogP contribution >= 0.6 is 0 Å². The lowest BCUT2D eigenvalue weighted by molar-refractivity contribution is -0.121. The third kappa shape index (κ3) is 6.52. The zero-order valence-electron chi connectivity index (χ0n) is 15.9. The summed E-state index contributed by atoms with van der Waals surface area (Å²) < 4.78 is 0. The van der Waals surface area contributed by atoms with Crippen molar-refractivity contribution >= 4 is 11.8 Å². The summed E-state index contributed by atoms with van der Waals surface area (Å²) in [5.74, 6) is 1.47. The van der Waals surface area contributed by atoms with Crippen LogP contribution in [0.5, 0.6) is 0 Å². The minimum atomic E-state index is 0.130. The molecule has 1 fully saturated rings. The van der Waals surface area contributed by atoms with Crippen LogP contribution in [0.15, 0.2) is 24.3 Å². The van der Waals surface area contributed by atoms with Gasteiger partial charge in [0.15, 0.2) is 0 Å². The van der Waals surface area contributed by atoms with Crippen LogP contribution in [0.25, 0.3) is 0 Å². The minimum absolute atomic E-state index is 0.130. The van der Waals surface area contributed by atoms with E-state index in [1.54, 1.807) is 0 Å². The van der Waals surface area contributed by atoms with Gasteiger partial charge in [-0.2, -0.15) is 0 Å². The van der Waals surface area contributed by atoms with Crippen molar-refractivity contribution in [1.82, 2.24) is 10.2 Å². The fourth-order valence-corrected chi connectivity index (χ4v) is 3.23. The van der Waals surface area contributed by atoms with E-state index in [2.05, 4.69) is 19.2 Å². The van der Waals surface area contributed by atoms with Crippen molar-refractivity contribution in [2.24, 2.45) is 11.8 Å². The van der Waals surface area contributed by atoms with E-state index in [1.807, 2.05) is 36.1 Å². The quantitative estimate of drug-likeness (QED) is 0.818. The average Bonchev–Trinajstić information content (AvgIpc) is 2.60. The maximum Gasteiger partial charge on any atom is 0.253 e. The van der Waals surface area contributed by atoms with Gasteiger partial charge in [0.2, 0.25) is 5.91 Å². The lowest BCUT2D eigenvalue weighted by Crippen LogP contribution is -2.38. The molecule has 1 saturated heterocycles. The second kappa shape index (κ2) is 9.59. The summed E-state index contributed by atoms with van der Waals surface area (Å²) in [6.07, 6.45) is 4.56. The van der Waals surface area contributed by atoms with E-state index in [-0.39, 0.29) is 11.8 Å². The number of benzene rings is 1. The van der Waals surface area contributed by atoms with E-state index >= 15 is 0 Å². The van der Waals surface area contributed by atoms with Crippen molar-refractivity contribution < 1.29 is 9.59 Å². The molecule has 1 aromatic carbocycles. The summed E-state index contributed by atoms with van der Waals surface area (Å²) in [7, 11) is 0. The fraction of sp³-hybridized carbons (Fsp3) is 0.619. The third-order valence-corrected chi connectivity index (χ3v) is 5.02. The van der Waals surface area contributed by atoms with Crippen LogP contribution in [0.4, 0.5) is 0 Å². The highest BCUT2D eigenvalue weighted by molar-refractivity contribution is 5.94. The number of piperidine rings is 1. The molecule has 1 aromatic rings. The first-order valence-corrected chi connectivity index (χ1v) is 9.58. The van der Waals surface area contributed by atoms with Gasteiger partial charge < -0.3 is 10.2 Å². The van der Waals surface area contributed by atoms with E-state index < -0.39 is 0 Å². The minimum Gasteiger partial charge on any atom is -0.356 e. The van der Waals surface area contributed by atoms with E-state index in [9.17, 15) is 9.59 Å². The molecule has 0 radical (unpaired) electrons. The summed E-state index contributed by atoms with van der Waals surface area (Å²) in [5, 5.41) is 3.00. The Bertz CT molecular complexity index is 558. The van der Waals surface area contributed by atoms with Crippen molar-refractivity contribution in [1.29, 1.82) is 0 Å². The lowest BCUT2D eigenvalue weighted by atomic mass is 9.91. The predicted octanol–water partition coefficient (Wildman–Crippen LogP) is 3.79. The Morgan fingerprint density at radius 2 is 1.80 bits per heavy atom. The Balaban J connectivity index is 1.68. The summed E-state index contributed by atoms with van der Waals surface area (Å²) >= 11 is 0. The number of aryl methyl sites for hydroxylation is 1. The Labute approximate surface area is 152 Å². The maximum atomic E-state index is 12.5. The molecule has 1 aliphatic rings. The Kier molecular flexibility index (Phi) is 7.48. The normalized spacial score (nSPS) is 15.4. The zero-order chi connectivity index (χ0) is 18.2. The van der Waals surface area contributed by atoms with E-state index in [4.69, 9.17) is 0 Å². The highest BCUT2D eigenvalue weighted by atomic mass is 16.2. The standard InChI is InChI=1S/C21H32N2O2/c1-16(2)10-13-22-20(24)9-6-18-11-14-23(15-12-18)21(25)19-7-4-17(3)5-8-19/h4-5,7-8,16,18H,6,9-15H2,1-3H3,(H,22,24). The Hall–Kier alpha value is -1.84. The molecule has 2 amide bonds. The van der Waals surface area contributed by atoms with Gasteiger partial charge in [0, 0.05) is 31.6 Å². The van der Waals surface area contributed by atoms with Gasteiger partial charge in [-0.1, -0.05) is 31.5 Å². The molecule has 138 valence electrons. The molecule has 1 heterocycles. The molecular weight excluding hydrogens is 312 g/mol. The van der Waals surface area contributed by atoms with Crippen LogP contribution in [0.2, 0.25) is 0 Å². The summed E-state index contributed by atoms with van der Waals surface area (Å²) in [4.78, 5) is 26.3. The number of likely N-dealkylation sites (tertiary alicyclic amines) is 1. The molecule has 4 heteroatoms. The first-order chi connectivity index (χ1) is 12.0. The van der Waals surface area contributed by atoms with Crippen LogP contribution < -0.4 is 5.32 Å². The van der Waals surface area contributed by atoms with Crippen molar-refractivity contribution in [2.45, 2.75) is 52.9 Å². The van der Waals surface area contributed by atoms with Gasteiger partial charge in [0.25, 0.3) is 5.91 Å². The first-order valence-electron chi connectivity index (χ1n) is 9.58. The largest absolute Gasteiger partial charge is 0.356 e. The smallest absolute Gasteiger partial charge is 0.253 e. The van der Waals surface area contributed by atoms with Crippen molar-refractivity contribution in [2.75, 3.05) is 19.6 Å². The summed E-state index contributed by atoms with van der Waals surface area (Å²) in [5.41, 5.74) is 1.94. The molecule has 0 aromatic heterocycles. The van der Waals surface area contributed by atoms with Crippen molar-refractivity contribution in [3.63, 3.8) is 0 Å². The maximum absolute atomic E-state index is 12.5. The number of hydrogen-bond acceptors (Lipinski definition) is 2. The Morgan fingerprint density at radius 1 is 1.16 bits per heavy atom. The molecule has 1 aliphatic heterocycles. The first kappa shape index (κ1) is 19.5. The number of carbonyl (C=O) groups excluding carboxylic acids is 2. The lowest BCUT2D eigenvalue weighted by Gasteiger charge is -2.32. The van der Waals surface area contributed by atoms with Crippen LogP contribution in [-0.2, 0) is 4.79 Å². The van der Waals surface area contributed by atoms with Gasteiger partial charge in [0.05, 0.1) is 0 Å². The molecule has 0 bridgehead atoms. The highest BCUT2D eigenvalue weighted by Crippen LogP contribution is 2.23. The van der Waals surface area contributed by atoms with E-state index in [1.165, 1.54) is 5.56 Å². The molecular formula is C21H32N2O2. The average molecular weight is 344 g/mol. The van der Waals surface area contributed by atoms with Crippen LogP contribution in [0.3, 0.4) is 0 Å². The number of rotatable bonds is 7. The molecule has 2 rings (SSSR count). The fourth-order valence-electron chi connectivity index (χ4n) is 3.23. The van der Waals surface area contributed by atoms with Crippen molar-refractivity contribution in [3.8, 4) is 0 Å². The van der Waals surface area contributed by atoms with Gasteiger partial charge in [-0.25, -0.2) is 0 Å². The van der Waals surface area contributed by atoms with Crippen LogP contribution in [0, 0.1) is 18.8 Å². The van der Waals surface area contributed by atoms with E-state index in [0.29, 0.717) is 18.3 Å². The molecule has 0 unspecified atom stereocenters. The van der Waals surface area contributed by atoms with Gasteiger partial charge in [-0.05, 0) is 56.6 Å². The number of hydrogen-bond donors (Lipinski definition) is 1. The van der Waals surface area contributed by atoms with Crippen LogP contribution in [-0.4, -0.2) is 36.3 Å². The number of amides is 2. The van der Waals surface area contributed by atoms with E-state index in [0.717, 1.165) is 50.9 Å². The monoisotopic (exact) mass is 344 g/mol. The topological polar surface area (TPSA) is 49.4 Å². The molecule has 1 N–H and O–H groups in total. The number of carbonyl (C=O) groups is 2. The molecule has 0 atom stereocenters.